The van der Waals surface area contributed by atoms with Crippen LogP contribution in [0, 0.1) is 11.3 Å². The molecule has 13 heavy (non-hydrogen) atoms. The quantitative estimate of drug-likeness (QED) is 0.638. The molecule has 1 aromatic heterocycles. The Balaban J connectivity index is 2.84. The zero-order chi connectivity index (χ0) is 9.26. The lowest BCUT2D eigenvalue weighted by molar-refractivity contribution is 1.40. The predicted octanol–water partition coefficient (Wildman–Crippen LogP) is 2.76. The van der Waals surface area contributed by atoms with Gasteiger partial charge in [-0.2, -0.15) is 5.26 Å². The Labute approximate surface area is 80.4 Å². The van der Waals surface area contributed by atoms with Crippen molar-refractivity contribution in [3.63, 3.8) is 0 Å². The van der Waals surface area contributed by atoms with Crippen molar-refractivity contribution in [2.75, 3.05) is 0 Å². The van der Waals surface area contributed by atoms with Crippen LogP contribution in [0.3, 0.4) is 0 Å². The third-order valence-corrected chi connectivity index (χ3v) is 2.15. The zero-order valence-corrected chi connectivity index (χ0v) is 7.42. The smallest absolute Gasteiger partial charge is 0.0991 e. The Morgan fingerprint density at radius 3 is 2.92 bits per heavy atom. The summed E-state index contributed by atoms with van der Waals surface area (Å²) in [5.74, 6) is 0. The maximum Gasteiger partial charge on any atom is 0.0991 e. The highest BCUT2D eigenvalue weighted by Gasteiger charge is 1.99. The van der Waals surface area contributed by atoms with Gasteiger partial charge in [0.25, 0.3) is 0 Å². The van der Waals surface area contributed by atoms with Gasteiger partial charge in [0, 0.05) is 11.6 Å². The number of hydrogen-bond donors (Lipinski definition) is 0. The van der Waals surface area contributed by atoms with Crippen LogP contribution in [0.15, 0.2) is 30.5 Å². The molecule has 2 aromatic rings. The highest BCUT2D eigenvalue weighted by Crippen LogP contribution is 2.21. The number of nitriles is 1. The van der Waals surface area contributed by atoms with Crippen molar-refractivity contribution in [2.45, 2.75) is 0 Å². The molecule has 2 rings (SSSR count). The lowest BCUT2D eigenvalue weighted by Crippen LogP contribution is -1.80. The van der Waals surface area contributed by atoms with E-state index in [-0.39, 0.29) is 0 Å². The Morgan fingerprint density at radius 1 is 1.31 bits per heavy atom. The van der Waals surface area contributed by atoms with Gasteiger partial charge in [0.05, 0.1) is 22.2 Å². The Bertz CT molecular complexity index is 500. The summed E-state index contributed by atoms with van der Waals surface area (Å²) in [4.78, 5) is 4.12. The highest BCUT2D eigenvalue weighted by molar-refractivity contribution is 6.35. The number of hydrogen-bond acceptors (Lipinski definition) is 2. The first-order chi connectivity index (χ1) is 6.31. The van der Waals surface area contributed by atoms with Crippen LogP contribution in [-0.4, -0.2) is 4.98 Å². The van der Waals surface area contributed by atoms with Crippen LogP contribution in [0.1, 0.15) is 5.56 Å². The van der Waals surface area contributed by atoms with E-state index in [1.807, 2.05) is 0 Å². The number of benzene rings is 1. The fourth-order valence-electron chi connectivity index (χ4n) is 1.18. The first-order valence-corrected chi connectivity index (χ1v) is 4.13. The second-order valence-electron chi connectivity index (χ2n) is 2.64. The number of rotatable bonds is 0. The van der Waals surface area contributed by atoms with Gasteiger partial charge in [0.2, 0.25) is 0 Å². The van der Waals surface area contributed by atoms with Crippen molar-refractivity contribution < 1.29 is 0 Å². The summed E-state index contributed by atoms with van der Waals surface area (Å²) in [6.45, 7) is 0. The van der Waals surface area contributed by atoms with E-state index < -0.39 is 0 Å². The Hall–Kier alpha value is -1.59. The van der Waals surface area contributed by atoms with Gasteiger partial charge in [-0.25, -0.2) is 0 Å². The van der Waals surface area contributed by atoms with Crippen molar-refractivity contribution in [1.29, 1.82) is 5.26 Å². The number of aromatic nitrogens is 1. The van der Waals surface area contributed by atoms with Gasteiger partial charge in [-0.15, -0.1) is 0 Å². The SMILES string of the molecule is N#Cc1ccc2nccc(Cl)c2c1. The van der Waals surface area contributed by atoms with Crippen LogP contribution in [0.5, 0.6) is 0 Å². The molecule has 0 aliphatic carbocycles. The minimum Gasteiger partial charge on any atom is -0.256 e. The Kier molecular flexibility index (Phi) is 1.88. The molecule has 0 aliphatic rings. The average Bonchev–Trinajstić information content (AvgIpc) is 2.18. The van der Waals surface area contributed by atoms with Gasteiger partial charge in [0.1, 0.15) is 0 Å². The molecule has 0 spiro atoms. The van der Waals surface area contributed by atoms with E-state index in [0.717, 1.165) is 10.9 Å². The van der Waals surface area contributed by atoms with E-state index in [9.17, 15) is 0 Å². The molecule has 1 aromatic carbocycles. The van der Waals surface area contributed by atoms with Gasteiger partial charge in [-0.05, 0) is 24.3 Å². The van der Waals surface area contributed by atoms with E-state index in [4.69, 9.17) is 16.9 Å². The third kappa shape index (κ3) is 1.34. The molecule has 3 heteroatoms. The Morgan fingerprint density at radius 2 is 2.15 bits per heavy atom. The number of fused-ring (bicyclic) bond motifs is 1. The van der Waals surface area contributed by atoms with Gasteiger partial charge in [-0.3, -0.25) is 4.98 Å². The molecule has 0 saturated carbocycles. The number of nitrogens with zero attached hydrogens (tertiary/aromatic N) is 2. The van der Waals surface area contributed by atoms with Crippen molar-refractivity contribution in [1.82, 2.24) is 4.98 Å². The predicted molar refractivity (Wildman–Crippen MR) is 51.5 cm³/mol. The van der Waals surface area contributed by atoms with Crippen LogP contribution in [0.2, 0.25) is 5.02 Å². The maximum absolute atomic E-state index is 8.67. The van der Waals surface area contributed by atoms with Crippen LogP contribution >= 0.6 is 11.6 Å². The topological polar surface area (TPSA) is 36.7 Å². The zero-order valence-electron chi connectivity index (χ0n) is 6.66. The molecule has 0 aliphatic heterocycles. The molecule has 0 atom stereocenters. The van der Waals surface area contributed by atoms with Crippen LogP contribution in [0.25, 0.3) is 10.9 Å². The van der Waals surface area contributed by atoms with E-state index in [1.54, 1.807) is 30.5 Å². The molecule has 62 valence electrons. The van der Waals surface area contributed by atoms with Crippen molar-refractivity contribution in [2.24, 2.45) is 0 Å². The first-order valence-electron chi connectivity index (χ1n) is 3.75. The average molecular weight is 189 g/mol. The summed E-state index contributed by atoms with van der Waals surface area (Å²) in [5, 5.41) is 10.1. The number of pyridine rings is 1. The number of halogens is 1. The highest BCUT2D eigenvalue weighted by atomic mass is 35.5. The standard InChI is InChI=1S/C10H5ClN2/c11-9-3-4-13-10-2-1-7(6-12)5-8(9)10/h1-5H. The van der Waals surface area contributed by atoms with E-state index in [2.05, 4.69) is 11.1 Å². The normalized spacial score (nSPS) is 9.85. The summed E-state index contributed by atoms with van der Waals surface area (Å²) < 4.78 is 0. The lowest BCUT2D eigenvalue weighted by Gasteiger charge is -1.98. The molecule has 0 unspecified atom stereocenters. The molecule has 0 radical (unpaired) electrons. The summed E-state index contributed by atoms with van der Waals surface area (Å²) in [6.07, 6.45) is 1.65. The molecule has 1 heterocycles. The van der Waals surface area contributed by atoms with Gasteiger partial charge in [0.15, 0.2) is 0 Å². The minimum absolute atomic E-state index is 0.599. The summed E-state index contributed by atoms with van der Waals surface area (Å²) in [6, 6.07) is 9.03. The fraction of sp³-hybridized carbons (Fsp3) is 0. The van der Waals surface area contributed by atoms with E-state index >= 15 is 0 Å². The molecular weight excluding hydrogens is 184 g/mol. The van der Waals surface area contributed by atoms with E-state index in [0.29, 0.717) is 10.6 Å². The van der Waals surface area contributed by atoms with Crippen LogP contribution in [0.4, 0.5) is 0 Å². The van der Waals surface area contributed by atoms with Crippen molar-refractivity contribution in [3.8, 4) is 6.07 Å². The van der Waals surface area contributed by atoms with Gasteiger partial charge >= 0.3 is 0 Å². The summed E-state index contributed by atoms with van der Waals surface area (Å²) in [5.41, 5.74) is 1.41. The third-order valence-electron chi connectivity index (χ3n) is 1.82. The van der Waals surface area contributed by atoms with E-state index in [1.165, 1.54) is 0 Å². The molecule has 0 saturated heterocycles. The summed E-state index contributed by atoms with van der Waals surface area (Å²) in [7, 11) is 0. The van der Waals surface area contributed by atoms with Gasteiger partial charge < -0.3 is 0 Å². The second-order valence-corrected chi connectivity index (χ2v) is 3.04. The molecule has 2 nitrogen and oxygen atoms in total. The van der Waals surface area contributed by atoms with Crippen LogP contribution < -0.4 is 0 Å². The van der Waals surface area contributed by atoms with Gasteiger partial charge in [-0.1, -0.05) is 11.6 Å². The minimum atomic E-state index is 0.599. The molecule has 0 bridgehead atoms. The molecule has 0 fully saturated rings. The monoisotopic (exact) mass is 188 g/mol. The maximum atomic E-state index is 8.67. The molecular formula is C10H5ClN2. The largest absolute Gasteiger partial charge is 0.256 e. The lowest BCUT2D eigenvalue weighted by atomic mass is 10.1. The van der Waals surface area contributed by atoms with Crippen molar-refractivity contribution in [3.05, 3.63) is 41.0 Å². The van der Waals surface area contributed by atoms with Crippen LogP contribution in [-0.2, 0) is 0 Å². The molecule has 0 amide bonds. The van der Waals surface area contributed by atoms with Crippen molar-refractivity contribution >= 4 is 22.5 Å². The fourth-order valence-corrected chi connectivity index (χ4v) is 1.39. The second kappa shape index (κ2) is 3.04. The first kappa shape index (κ1) is 8.03. The summed E-state index contributed by atoms with van der Waals surface area (Å²) >= 11 is 5.94. The molecule has 0 N–H and O–H groups in total.